The summed E-state index contributed by atoms with van der Waals surface area (Å²) in [5.41, 5.74) is 1.85. The maximum Gasteiger partial charge on any atom is 0.310 e. The van der Waals surface area contributed by atoms with Crippen LogP contribution in [0, 0.1) is 23.7 Å². The lowest BCUT2D eigenvalue weighted by atomic mass is 9.80. The Labute approximate surface area is 145 Å². The Morgan fingerprint density at radius 3 is 2.72 bits per heavy atom. The summed E-state index contributed by atoms with van der Waals surface area (Å²) in [6.07, 6.45) is 2.50. The fraction of sp³-hybridized carbons (Fsp3) is 0.526. The van der Waals surface area contributed by atoms with Crippen molar-refractivity contribution in [1.82, 2.24) is 0 Å². The predicted molar refractivity (Wildman–Crippen MR) is 88.5 cm³/mol. The highest BCUT2D eigenvalue weighted by Gasteiger charge is 2.64. The summed E-state index contributed by atoms with van der Waals surface area (Å²) in [5.74, 6) is -1.64. The van der Waals surface area contributed by atoms with Gasteiger partial charge in [0, 0.05) is 11.6 Å². The van der Waals surface area contributed by atoms with Crippen LogP contribution >= 0.6 is 0 Å². The van der Waals surface area contributed by atoms with Gasteiger partial charge in [-0.25, -0.2) is 0 Å². The number of carbonyl (C=O) groups excluding carboxylic acids is 3. The van der Waals surface area contributed by atoms with E-state index >= 15 is 0 Å². The van der Waals surface area contributed by atoms with Gasteiger partial charge in [0.25, 0.3) is 5.91 Å². The van der Waals surface area contributed by atoms with E-state index in [1.807, 2.05) is 24.3 Å². The van der Waals surface area contributed by atoms with E-state index in [0.717, 1.165) is 19.3 Å². The van der Waals surface area contributed by atoms with Crippen molar-refractivity contribution in [3.63, 3.8) is 0 Å². The Kier molecular flexibility index (Phi) is 3.98. The minimum Gasteiger partial charge on any atom is -0.462 e. The first kappa shape index (κ1) is 16.1. The monoisotopic (exact) mass is 343 g/mol. The highest BCUT2D eigenvalue weighted by atomic mass is 16.6. The number of anilines is 1. The van der Waals surface area contributed by atoms with Crippen molar-refractivity contribution in [3.8, 4) is 0 Å². The maximum absolute atomic E-state index is 12.4. The second-order valence-corrected chi connectivity index (χ2v) is 7.13. The lowest BCUT2D eigenvalue weighted by Gasteiger charge is -2.22. The molecule has 1 aromatic carbocycles. The molecule has 2 saturated carbocycles. The number of carbonyl (C=O) groups is 3. The first-order chi connectivity index (χ1) is 12.1. The number of nitrogens with one attached hydrogen (secondary N) is 1. The number of benzene rings is 1. The molecule has 1 N–H and O–H groups in total. The smallest absolute Gasteiger partial charge is 0.310 e. The molecule has 1 heterocycles. The van der Waals surface area contributed by atoms with Crippen molar-refractivity contribution in [3.05, 3.63) is 29.8 Å². The van der Waals surface area contributed by atoms with Gasteiger partial charge in [0.2, 0.25) is 0 Å². The van der Waals surface area contributed by atoms with E-state index in [1.165, 1.54) is 5.56 Å². The number of rotatable bonds is 5. The molecule has 3 fully saturated rings. The lowest BCUT2D eigenvalue weighted by Crippen LogP contribution is -2.34. The third-order valence-electron chi connectivity index (χ3n) is 5.75. The van der Waals surface area contributed by atoms with Gasteiger partial charge < -0.3 is 14.8 Å². The standard InChI is InChI=1S/C19H21NO5/c1-2-10-3-5-12(6-4-10)20-15(21)9-24-18(22)16-11-7-13-14(8-11)25-19(23)17(13)16/h3-6,11,13-14,16-17H,2,7-9H2,1H3,(H,20,21)/t11-,13+,14+,16-,17-/m1/s1. The third kappa shape index (κ3) is 2.79. The Morgan fingerprint density at radius 2 is 2.00 bits per heavy atom. The number of amides is 1. The van der Waals surface area contributed by atoms with Crippen LogP contribution in [0.5, 0.6) is 0 Å². The minimum atomic E-state index is -0.453. The molecule has 0 aromatic heterocycles. The van der Waals surface area contributed by atoms with Crippen LogP contribution in [0.25, 0.3) is 0 Å². The van der Waals surface area contributed by atoms with Crippen LogP contribution in [-0.2, 0) is 30.3 Å². The van der Waals surface area contributed by atoms with E-state index in [1.54, 1.807) is 0 Å². The minimum absolute atomic E-state index is 0.0130. The Balaban J connectivity index is 1.31. The van der Waals surface area contributed by atoms with Gasteiger partial charge in [0.15, 0.2) is 6.61 Å². The van der Waals surface area contributed by atoms with Crippen molar-refractivity contribution in [2.45, 2.75) is 32.3 Å². The SMILES string of the molecule is CCc1ccc(NC(=O)COC(=O)[C@@H]2[C@@H]3C[C@@H]4[C@H]2C(=O)O[C@H]4C3)cc1. The molecule has 25 heavy (non-hydrogen) atoms. The van der Waals surface area contributed by atoms with E-state index in [2.05, 4.69) is 12.2 Å². The summed E-state index contributed by atoms with van der Waals surface area (Å²) in [7, 11) is 0. The fourth-order valence-corrected chi connectivity index (χ4v) is 4.58. The summed E-state index contributed by atoms with van der Waals surface area (Å²) >= 11 is 0. The Morgan fingerprint density at radius 1 is 1.24 bits per heavy atom. The van der Waals surface area contributed by atoms with Crippen LogP contribution in [-0.4, -0.2) is 30.6 Å². The number of esters is 2. The Bertz CT molecular complexity index is 711. The molecule has 0 unspecified atom stereocenters. The number of fused-ring (bicyclic) bond motifs is 1. The van der Waals surface area contributed by atoms with Crippen molar-refractivity contribution >= 4 is 23.5 Å². The maximum atomic E-state index is 12.4. The molecule has 5 atom stereocenters. The molecule has 6 heteroatoms. The van der Waals surface area contributed by atoms with Crippen molar-refractivity contribution in [2.75, 3.05) is 11.9 Å². The summed E-state index contributed by atoms with van der Waals surface area (Å²) in [5, 5.41) is 2.71. The molecular weight excluding hydrogens is 322 g/mol. The molecule has 6 nitrogen and oxygen atoms in total. The first-order valence-corrected chi connectivity index (χ1v) is 8.82. The van der Waals surface area contributed by atoms with Crippen LogP contribution in [0.4, 0.5) is 5.69 Å². The zero-order valence-electron chi connectivity index (χ0n) is 14.1. The highest BCUT2D eigenvalue weighted by molar-refractivity contribution is 5.93. The topological polar surface area (TPSA) is 81.7 Å². The zero-order valence-corrected chi connectivity index (χ0v) is 14.1. The molecule has 0 spiro atoms. The highest BCUT2D eigenvalue weighted by Crippen LogP contribution is 2.57. The molecular formula is C19H21NO5. The van der Waals surface area contributed by atoms with E-state index in [9.17, 15) is 14.4 Å². The summed E-state index contributed by atoms with van der Waals surface area (Å²) in [6, 6.07) is 7.53. The van der Waals surface area contributed by atoms with E-state index < -0.39 is 11.9 Å². The molecule has 2 bridgehead atoms. The summed E-state index contributed by atoms with van der Waals surface area (Å²) in [4.78, 5) is 36.3. The largest absolute Gasteiger partial charge is 0.462 e. The molecule has 1 amide bonds. The first-order valence-electron chi connectivity index (χ1n) is 8.82. The molecule has 132 valence electrons. The van der Waals surface area contributed by atoms with Crippen LogP contribution in [0.1, 0.15) is 25.3 Å². The fourth-order valence-electron chi connectivity index (χ4n) is 4.58. The van der Waals surface area contributed by atoms with Gasteiger partial charge in [0.05, 0.1) is 11.8 Å². The summed E-state index contributed by atoms with van der Waals surface area (Å²) < 4.78 is 10.5. The van der Waals surface area contributed by atoms with Crippen LogP contribution in [0.2, 0.25) is 0 Å². The van der Waals surface area contributed by atoms with E-state index in [4.69, 9.17) is 9.47 Å². The predicted octanol–water partition coefficient (Wildman–Crippen LogP) is 1.93. The van der Waals surface area contributed by atoms with Gasteiger partial charge in [-0.1, -0.05) is 19.1 Å². The number of ether oxygens (including phenoxy) is 2. The van der Waals surface area contributed by atoms with Crippen LogP contribution < -0.4 is 5.32 Å². The van der Waals surface area contributed by atoms with Crippen LogP contribution in [0.15, 0.2) is 24.3 Å². The normalized spacial score (nSPS) is 31.7. The molecule has 2 aliphatic carbocycles. The van der Waals surface area contributed by atoms with Gasteiger partial charge in [-0.3, -0.25) is 14.4 Å². The van der Waals surface area contributed by atoms with Crippen LogP contribution in [0.3, 0.4) is 0 Å². The van der Waals surface area contributed by atoms with Gasteiger partial charge in [-0.15, -0.1) is 0 Å². The second-order valence-electron chi connectivity index (χ2n) is 7.13. The number of aryl methyl sites for hydroxylation is 1. The van der Waals surface area contributed by atoms with Gasteiger partial charge in [-0.05, 0) is 42.9 Å². The molecule has 1 aliphatic heterocycles. The third-order valence-corrected chi connectivity index (χ3v) is 5.75. The average Bonchev–Trinajstić information content (AvgIpc) is 3.22. The molecule has 4 rings (SSSR count). The number of hydrogen-bond donors (Lipinski definition) is 1. The number of hydrogen-bond acceptors (Lipinski definition) is 5. The summed E-state index contributed by atoms with van der Waals surface area (Å²) in [6.45, 7) is 1.72. The lowest BCUT2D eigenvalue weighted by molar-refractivity contribution is -0.157. The molecule has 1 saturated heterocycles. The molecule has 0 radical (unpaired) electrons. The van der Waals surface area contributed by atoms with E-state index in [0.29, 0.717) is 5.69 Å². The van der Waals surface area contributed by atoms with Gasteiger partial charge in [0.1, 0.15) is 6.10 Å². The van der Waals surface area contributed by atoms with Gasteiger partial charge >= 0.3 is 11.9 Å². The molecule has 3 aliphatic rings. The zero-order chi connectivity index (χ0) is 17.6. The van der Waals surface area contributed by atoms with Crippen molar-refractivity contribution in [1.29, 1.82) is 0 Å². The molecule has 1 aromatic rings. The second kappa shape index (κ2) is 6.17. The quantitative estimate of drug-likeness (QED) is 0.826. The van der Waals surface area contributed by atoms with Crippen molar-refractivity contribution < 1.29 is 23.9 Å². The van der Waals surface area contributed by atoms with Crippen molar-refractivity contribution in [2.24, 2.45) is 23.7 Å². The van der Waals surface area contributed by atoms with Gasteiger partial charge in [-0.2, -0.15) is 0 Å². The average molecular weight is 343 g/mol. The van der Waals surface area contributed by atoms with E-state index in [-0.39, 0.29) is 42.3 Å². The Hall–Kier alpha value is -2.37.